The molecule has 6 nitrogen and oxygen atoms in total. The maximum atomic E-state index is 10.6. The highest BCUT2D eigenvalue weighted by atomic mass is 16.6. The summed E-state index contributed by atoms with van der Waals surface area (Å²) in [5.74, 6) is 0. The number of nitro benzene ring substituents is 1. The molecular weight excluding hydrogens is 268 g/mol. The molecule has 21 heavy (non-hydrogen) atoms. The molecule has 0 bridgehead atoms. The van der Waals surface area contributed by atoms with E-state index in [2.05, 4.69) is 10.3 Å². The van der Waals surface area contributed by atoms with Gasteiger partial charge < -0.3 is 9.72 Å². The van der Waals surface area contributed by atoms with Crippen LogP contribution in [0.3, 0.4) is 0 Å². The van der Waals surface area contributed by atoms with Crippen molar-refractivity contribution in [1.82, 2.24) is 9.38 Å². The van der Waals surface area contributed by atoms with Gasteiger partial charge in [0, 0.05) is 24.0 Å². The first kappa shape index (κ1) is 13.1. The summed E-state index contributed by atoms with van der Waals surface area (Å²) >= 11 is 0. The summed E-state index contributed by atoms with van der Waals surface area (Å²) in [6.07, 6.45) is 1.97. The number of nitrogens with one attached hydrogen (secondary N) is 1. The standard InChI is InChI=1S/C15H14N4O2/c1-11-14(18-9-3-2-4-15(18)17-11)10-16-12-5-7-13(8-6-12)19(20)21/h2-9,16H,10H2,1H3. The zero-order valence-corrected chi connectivity index (χ0v) is 11.5. The maximum absolute atomic E-state index is 10.6. The highest BCUT2D eigenvalue weighted by molar-refractivity contribution is 5.50. The molecule has 0 aliphatic carbocycles. The monoisotopic (exact) mass is 282 g/mol. The molecule has 3 rings (SSSR count). The summed E-state index contributed by atoms with van der Waals surface area (Å²) in [4.78, 5) is 14.7. The third kappa shape index (κ3) is 2.55. The Bertz CT molecular complexity index is 793. The number of rotatable bonds is 4. The average molecular weight is 282 g/mol. The van der Waals surface area contributed by atoms with Crippen LogP contribution in [0.5, 0.6) is 0 Å². The average Bonchev–Trinajstić information content (AvgIpc) is 2.81. The minimum Gasteiger partial charge on any atom is -0.379 e. The maximum Gasteiger partial charge on any atom is 0.269 e. The van der Waals surface area contributed by atoms with Crippen molar-refractivity contribution in [3.8, 4) is 0 Å². The predicted octanol–water partition coefficient (Wildman–Crippen LogP) is 3.16. The molecule has 0 amide bonds. The van der Waals surface area contributed by atoms with Gasteiger partial charge in [0.15, 0.2) is 0 Å². The van der Waals surface area contributed by atoms with Gasteiger partial charge in [-0.1, -0.05) is 6.07 Å². The lowest BCUT2D eigenvalue weighted by molar-refractivity contribution is -0.384. The van der Waals surface area contributed by atoms with Gasteiger partial charge in [-0.25, -0.2) is 4.98 Å². The normalized spacial score (nSPS) is 10.7. The van der Waals surface area contributed by atoms with Crippen molar-refractivity contribution >= 4 is 17.0 Å². The van der Waals surface area contributed by atoms with Crippen molar-refractivity contribution in [3.63, 3.8) is 0 Å². The molecule has 106 valence electrons. The van der Waals surface area contributed by atoms with Gasteiger partial charge in [0.2, 0.25) is 0 Å². The Morgan fingerprint density at radius 1 is 1.24 bits per heavy atom. The molecule has 2 aromatic heterocycles. The lowest BCUT2D eigenvalue weighted by atomic mass is 10.2. The zero-order chi connectivity index (χ0) is 14.8. The number of nitro groups is 1. The molecule has 0 saturated carbocycles. The number of pyridine rings is 1. The van der Waals surface area contributed by atoms with Gasteiger partial charge >= 0.3 is 0 Å². The first-order valence-corrected chi connectivity index (χ1v) is 6.56. The molecule has 2 heterocycles. The van der Waals surface area contributed by atoms with E-state index in [4.69, 9.17) is 0 Å². The van der Waals surface area contributed by atoms with Crippen molar-refractivity contribution in [3.05, 3.63) is 70.2 Å². The smallest absolute Gasteiger partial charge is 0.269 e. The SMILES string of the molecule is Cc1nc2ccccn2c1CNc1ccc([N+](=O)[O-])cc1. The van der Waals surface area contributed by atoms with Gasteiger partial charge in [-0.05, 0) is 31.2 Å². The van der Waals surface area contributed by atoms with Crippen LogP contribution in [-0.2, 0) is 6.54 Å². The highest BCUT2D eigenvalue weighted by Gasteiger charge is 2.08. The molecule has 0 aliphatic heterocycles. The van der Waals surface area contributed by atoms with Crippen molar-refractivity contribution in [2.45, 2.75) is 13.5 Å². The van der Waals surface area contributed by atoms with Crippen LogP contribution in [0.2, 0.25) is 0 Å². The van der Waals surface area contributed by atoms with E-state index in [1.807, 2.05) is 35.7 Å². The van der Waals surface area contributed by atoms with E-state index in [9.17, 15) is 10.1 Å². The van der Waals surface area contributed by atoms with E-state index in [1.165, 1.54) is 12.1 Å². The molecular formula is C15H14N4O2. The van der Waals surface area contributed by atoms with Crippen LogP contribution in [0.25, 0.3) is 5.65 Å². The molecule has 1 aromatic carbocycles. The summed E-state index contributed by atoms with van der Waals surface area (Å²) in [6, 6.07) is 12.3. The summed E-state index contributed by atoms with van der Waals surface area (Å²) in [5, 5.41) is 13.9. The lowest BCUT2D eigenvalue weighted by Gasteiger charge is -2.07. The van der Waals surface area contributed by atoms with Crippen LogP contribution < -0.4 is 5.32 Å². The first-order chi connectivity index (χ1) is 10.1. The van der Waals surface area contributed by atoms with Gasteiger partial charge in [-0.15, -0.1) is 0 Å². The Balaban J connectivity index is 1.80. The first-order valence-electron chi connectivity index (χ1n) is 6.56. The number of hydrogen-bond donors (Lipinski definition) is 1. The van der Waals surface area contributed by atoms with Crippen LogP contribution in [0, 0.1) is 17.0 Å². The third-order valence-corrected chi connectivity index (χ3v) is 3.37. The molecule has 0 fully saturated rings. The van der Waals surface area contributed by atoms with Crippen molar-refractivity contribution in [2.24, 2.45) is 0 Å². The largest absolute Gasteiger partial charge is 0.379 e. The van der Waals surface area contributed by atoms with Crippen LogP contribution in [-0.4, -0.2) is 14.3 Å². The molecule has 0 spiro atoms. The molecule has 6 heteroatoms. The summed E-state index contributed by atoms with van der Waals surface area (Å²) < 4.78 is 2.04. The number of non-ortho nitro benzene ring substituents is 1. The number of anilines is 1. The Morgan fingerprint density at radius 2 is 2.00 bits per heavy atom. The Labute approximate surface area is 121 Å². The molecule has 0 aliphatic rings. The van der Waals surface area contributed by atoms with Crippen molar-refractivity contribution in [1.29, 1.82) is 0 Å². The van der Waals surface area contributed by atoms with E-state index in [1.54, 1.807) is 12.1 Å². The zero-order valence-electron chi connectivity index (χ0n) is 11.5. The fourth-order valence-electron chi connectivity index (χ4n) is 2.26. The van der Waals surface area contributed by atoms with Crippen LogP contribution >= 0.6 is 0 Å². The molecule has 0 saturated heterocycles. The summed E-state index contributed by atoms with van der Waals surface area (Å²) in [5.41, 5.74) is 3.88. The fraction of sp³-hybridized carbons (Fsp3) is 0.133. The van der Waals surface area contributed by atoms with E-state index >= 15 is 0 Å². The number of nitrogens with zero attached hydrogens (tertiary/aromatic N) is 3. The molecule has 0 radical (unpaired) electrons. The van der Waals surface area contributed by atoms with Crippen molar-refractivity contribution in [2.75, 3.05) is 5.32 Å². The number of imidazole rings is 1. The lowest BCUT2D eigenvalue weighted by Crippen LogP contribution is -2.04. The van der Waals surface area contributed by atoms with Crippen LogP contribution in [0.1, 0.15) is 11.4 Å². The second-order valence-corrected chi connectivity index (χ2v) is 4.73. The number of fused-ring (bicyclic) bond motifs is 1. The molecule has 3 aromatic rings. The fourth-order valence-corrected chi connectivity index (χ4v) is 2.26. The Hall–Kier alpha value is -2.89. The minimum atomic E-state index is -0.404. The highest BCUT2D eigenvalue weighted by Crippen LogP contribution is 2.17. The quantitative estimate of drug-likeness (QED) is 0.589. The Morgan fingerprint density at radius 3 is 2.71 bits per heavy atom. The molecule has 0 atom stereocenters. The second-order valence-electron chi connectivity index (χ2n) is 4.73. The Kier molecular flexibility index (Phi) is 3.27. The van der Waals surface area contributed by atoms with Gasteiger partial charge in [-0.2, -0.15) is 0 Å². The predicted molar refractivity (Wildman–Crippen MR) is 80.4 cm³/mol. The number of benzene rings is 1. The van der Waals surface area contributed by atoms with Crippen LogP contribution in [0.15, 0.2) is 48.7 Å². The topological polar surface area (TPSA) is 72.5 Å². The van der Waals surface area contributed by atoms with E-state index in [0.29, 0.717) is 6.54 Å². The van der Waals surface area contributed by atoms with E-state index < -0.39 is 4.92 Å². The minimum absolute atomic E-state index is 0.0894. The third-order valence-electron chi connectivity index (χ3n) is 3.37. The van der Waals surface area contributed by atoms with E-state index in [-0.39, 0.29) is 5.69 Å². The summed E-state index contributed by atoms with van der Waals surface area (Å²) in [7, 11) is 0. The van der Waals surface area contributed by atoms with E-state index in [0.717, 1.165) is 22.7 Å². The molecule has 0 unspecified atom stereocenters. The van der Waals surface area contributed by atoms with Gasteiger partial charge in [0.1, 0.15) is 5.65 Å². The van der Waals surface area contributed by atoms with Gasteiger partial charge in [-0.3, -0.25) is 10.1 Å². The van der Waals surface area contributed by atoms with Crippen LogP contribution in [0.4, 0.5) is 11.4 Å². The molecule has 1 N–H and O–H groups in total. The van der Waals surface area contributed by atoms with Gasteiger partial charge in [0.05, 0.1) is 22.9 Å². The van der Waals surface area contributed by atoms with Gasteiger partial charge in [0.25, 0.3) is 5.69 Å². The number of aromatic nitrogens is 2. The number of aryl methyl sites for hydroxylation is 1. The number of hydrogen-bond acceptors (Lipinski definition) is 4. The van der Waals surface area contributed by atoms with Crippen molar-refractivity contribution < 1.29 is 4.92 Å². The second kappa shape index (κ2) is 5.24. The summed E-state index contributed by atoms with van der Waals surface area (Å²) in [6.45, 7) is 2.58.